The zero-order valence-corrected chi connectivity index (χ0v) is 14.7. The molecule has 1 N–H and O–H groups in total. The number of aromatic amines is 1. The lowest BCUT2D eigenvalue weighted by atomic mass is 10.2. The van der Waals surface area contributed by atoms with Crippen molar-refractivity contribution in [2.24, 2.45) is 0 Å². The molecule has 0 saturated carbocycles. The molecule has 1 amide bonds. The fraction of sp³-hybridized carbons (Fsp3) is 0.200. The highest BCUT2D eigenvalue weighted by atomic mass is 16.6. The molecule has 0 saturated heterocycles. The number of nitrogens with one attached hydrogen (secondary N) is 1. The van der Waals surface area contributed by atoms with E-state index in [1.807, 2.05) is 24.3 Å². The Labute approximate surface area is 155 Å². The first-order chi connectivity index (χ1) is 13.1. The summed E-state index contributed by atoms with van der Waals surface area (Å²) < 4.78 is 16.8. The van der Waals surface area contributed by atoms with Gasteiger partial charge in [-0.3, -0.25) is 9.59 Å². The third-order valence-electron chi connectivity index (χ3n) is 4.32. The number of furan rings is 1. The van der Waals surface area contributed by atoms with E-state index in [9.17, 15) is 9.59 Å². The Hall–Kier alpha value is -3.48. The third kappa shape index (κ3) is 3.44. The highest BCUT2D eigenvalue weighted by Crippen LogP contribution is 2.31. The number of ether oxygens (including phenoxy) is 2. The third-order valence-corrected chi connectivity index (χ3v) is 4.32. The molecule has 7 heteroatoms. The Morgan fingerprint density at radius 2 is 1.96 bits per heavy atom. The Morgan fingerprint density at radius 3 is 2.70 bits per heavy atom. The van der Waals surface area contributed by atoms with E-state index in [-0.39, 0.29) is 17.6 Å². The number of likely N-dealkylation sites (N-methyl/N-ethyl adjacent to an activating group) is 1. The van der Waals surface area contributed by atoms with Crippen LogP contribution in [0.1, 0.15) is 10.4 Å². The molecule has 2 aromatic heterocycles. The van der Waals surface area contributed by atoms with Crippen LogP contribution >= 0.6 is 0 Å². The first kappa shape index (κ1) is 17.0. The van der Waals surface area contributed by atoms with E-state index < -0.39 is 5.56 Å². The number of H-pyrrole nitrogens is 1. The van der Waals surface area contributed by atoms with Crippen molar-refractivity contribution in [1.29, 1.82) is 0 Å². The molecule has 0 bridgehead atoms. The molecule has 0 aliphatic carbocycles. The molecule has 7 nitrogen and oxygen atoms in total. The number of hydrogen-bond acceptors (Lipinski definition) is 5. The van der Waals surface area contributed by atoms with Crippen molar-refractivity contribution < 1.29 is 18.7 Å². The largest absolute Gasteiger partial charge is 0.486 e. The van der Waals surface area contributed by atoms with E-state index in [1.54, 1.807) is 25.2 Å². The summed E-state index contributed by atoms with van der Waals surface area (Å²) in [7, 11) is 1.63. The van der Waals surface area contributed by atoms with Gasteiger partial charge >= 0.3 is 0 Å². The van der Waals surface area contributed by atoms with Gasteiger partial charge in [-0.2, -0.15) is 0 Å². The summed E-state index contributed by atoms with van der Waals surface area (Å²) in [5, 5.41) is 0. The molecule has 27 heavy (non-hydrogen) atoms. The Morgan fingerprint density at radius 1 is 1.15 bits per heavy atom. The van der Waals surface area contributed by atoms with Crippen molar-refractivity contribution >= 4 is 5.91 Å². The number of aromatic nitrogens is 1. The van der Waals surface area contributed by atoms with E-state index >= 15 is 0 Å². The van der Waals surface area contributed by atoms with E-state index in [2.05, 4.69) is 4.98 Å². The highest BCUT2D eigenvalue weighted by molar-refractivity contribution is 5.93. The van der Waals surface area contributed by atoms with Crippen LogP contribution in [-0.4, -0.2) is 42.1 Å². The van der Waals surface area contributed by atoms with E-state index in [0.29, 0.717) is 36.1 Å². The summed E-state index contributed by atoms with van der Waals surface area (Å²) in [6.45, 7) is 0.634. The van der Waals surface area contributed by atoms with Gasteiger partial charge in [-0.15, -0.1) is 0 Å². The van der Waals surface area contributed by atoms with Gasteiger partial charge in [0.2, 0.25) is 0 Å². The minimum Gasteiger partial charge on any atom is -0.486 e. The van der Waals surface area contributed by atoms with E-state index in [4.69, 9.17) is 13.9 Å². The first-order valence-corrected chi connectivity index (χ1v) is 8.53. The van der Waals surface area contributed by atoms with Crippen molar-refractivity contribution in [2.45, 2.75) is 6.10 Å². The SMILES string of the molecule is CN(CC1COc2ccccc2O1)C(=O)c1ccc(-c2ccco2)[nH]c1=O. The predicted octanol–water partition coefficient (Wildman–Crippen LogP) is 2.55. The molecule has 138 valence electrons. The summed E-state index contributed by atoms with van der Waals surface area (Å²) in [6.07, 6.45) is 1.21. The molecule has 0 radical (unpaired) electrons. The monoisotopic (exact) mass is 366 g/mol. The van der Waals surface area contributed by atoms with Crippen LogP contribution in [0.25, 0.3) is 11.5 Å². The normalized spacial score (nSPS) is 15.4. The second-order valence-electron chi connectivity index (χ2n) is 6.28. The molecular weight excluding hydrogens is 348 g/mol. The molecule has 0 spiro atoms. The Bertz CT molecular complexity index is 1010. The minimum absolute atomic E-state index is 0.0601. The van der Waals surface area contributed by atoms with Crippen LogP contribution in [0.4, 0.5) is 0 Å². The quantitative estimate of drug-likeness (QED) is 0.767. The maximum atomic E-state index is 12.7. The Balaban J connectivity index is 1.46. The van der Waals surface area contributed by atoms with Crippen molar-refractivity contribution in [2.75, 3.05) is 20.2 Å². The van der Waals surface area contributed by atoms with Crippen molar-refractivity contribution in [1.82, 2.24) is 9.88 Å². The second-order valence-corrected chi connectivity index (χ2v) is 6.28. The predicted molar refractivity (Wildman–Crippen MR) is 98.1 cm³/mol. The maximum Gasteiger partial charge on any atom is 0.261 e. The van der Waals surface area contributed by atoms with Crippen molar-refractivity contribution in [3.8, 4) is 23.0 Å². The molecule has 3 heterocycles. The number of hydrogen-bond donors (Lipinski definition) is 1. The van der Waals surface area contributed by atoms with Gasteiger partial charge in [-0.1, -0.05) is 12.1 Å². The maximum absolute atomic E-state index is 12.7. The van der Waals surface area contributed by atoms with Crippen molar-refractivity contribution in [3.63, 3.8) is 0 Å². The average Bonchev–Trinajstić information content (AvgIpc) is 3.22. The topological polar surface area (TPSA) is 84.8 Å². The number of carbonyl (C=O) groups excluding carboxylic acids is 1. The number of carbonyl (C=O) groups is 1. The summed E-state index contributed by atoms with van der Waals surface area (Å²) in [6, 6.07) is 14.0. The van der Waals surface area contributed by atoms with Gasteiger partial charge in [0.1, 0.15) is 17.9 Å². The number of para-hydroxylation sites is 2. The van der Waals surface area contributed by atoms with E-state index in [0.717, 1.165) is 0 Å². The highest BCUT2D eigenvalue weighted by Gasteiger charge is 2.25. The molecule has 1 aliphatic heterocycles. The summed E-state index contributed by atoms with van der Waals surface area (Å²) >= 11 is 0. The first-order valence-electron chi connectivity index (χ1n) is 8.53. The lowest BCUT2D eigenvalue weighted by molar-refractivity contribution is 0.0520. The molecule has 4 rings (SSSR count). The molecular formula is C20H18N2O5. The van der Waals surface area contributed by atoms with Crippen molar-refractivity contribution in [3.05, 3.63) is 70.7 Å². The van der Waals surface area contributed by atoms with Crippen LogP contribution < -0.4 is 15.0 Å². The summed E-state index contributed by atoms with van der Waals surface area (Å²) in [5.74, 6) is 1.48. The number of amides is 1. The molecule has 0 fully saturated rings. The second kappa shape index (κ2) is 7.03. The van der Waals surface area contributed by atoms with Gasteiger partial charge in [0.15, 0.2) is 17.6 Å². The van der Waals surface area contributed by atoms with Gasteiger partial charge in [0.25, 0.3) is 11.5 Å². The van der Waals surface area contributed by atoms with Crippen LogP contribution in [0, 0.1) is 0 Å². The van der Waals surface area contributed by atoms with Crippen LogP contribution in [0.3, 0.4) is 0 Å². The lowest BCUT2D eigenvalue weighted by Gasteiger charge is -2.29. The van der Waals surface area contributed by atoms with Gasteiger partial charge in [0.05, 0.1) is 18.5 Å². The summed E-state index contributed by atoms with van der Waals surface area (Å²) in [4.78, 5) is 29.1. The number of fused-ring (bicyclic) bond motifs is 1. The van der Waals surface area contributed by atoms with Crippen LogP contribution in [0.2, 0.25) is 0 Å². The standard InChI is InChI=1S/C20H18N2O5/c1-22(11-13-12-26-17-5-2-3-6-18(17)27-13)20(24)14-8-9-15(21-19(14)23)16-7-4-10-25-16/h2-10,13H,11-12H2,1H3,(H,21,23). The fourth-order valence-electron chi connectivity index (χ4n) is 2.96. The lowest BCUT2D eigenvalue weighted by Crippen LogP contribution is -2.42. The number of nitrogens with zero attached hydrogens (tertiary/aromatic N) is 1. The number of benzene rings is 1. The number of rotatable bonds is 4. The zero-order chi connectivity index (χ0) is 18.8. The summed E-state index contributed by atoms with van der Waals surface area (Å²) in [5.41, 5.74) is 0.113. The number of pyridine rings is 1. The Kier molecular flexibility index (Phi) is 4.42. The smallest absolute Gasteiger partial charge is 0.261 e. The van der Waals surface area contributed by atoms with Gasteiger partial charge in [0, 0.05) is 7.05 Å². The fourth-order valence-corrected chi connectivity index (χ4v) is 2.96. The minimum atomic E-state index is -0.466. The zero-order valence-electron chi connectivity index (χ0n) is 14.7. The average molecular weight is 366 g/mol. The van der Waals surface area contributed by atoms with Gasteiger partial charge < -0.3 is 23.8 Å². The van der Waals surface area contributed by atoms with Crippen LogP contribution in [-0.2, 0) is 0 Å². The molecule has 1 atom stereocenters. The van der Waals surface area contributed by atoms with E-state index in [1.165, 1.54) is 17.2 Å². The van der Waals surface area contributed by atoms with Gasteiger partial charge in [-0.05, 0) is 36.4 Å². The molecule has 1 unspecified atom stereocenters. The molecule has 3 aromatic rings. The van der Waals surface area contributed by atoms with Crippen LogP contribution in [0.5, 0.6) is 11.5 Å². The van der Waals surface area contributed by atoms with Gasteiger partial charge in [-0.25, -0.2) is 0 Å². The molecule has 1 aliphatic rings. The van der Waals surface area contributed by atoms with Crippen LogP contribution in [0.15, 0.2) is 64.0 Å². The molecule has 1 aromatic carbocycles.